The molecule has 0 aliphatic carbocycles. The zero-order chi connectivity index (χ0) is 13.4. The zero-order valence-electron chi connectivity index (χ0n) is 9.39. The fourth-order valence-corrected chi connectivity index (χ4v) is 1.87. The lowest BCUT2D eigenvalue weighted by Crippen LogP contribution is -2.07. The number of hydrogen-bond donors (Lipinski definition) is 0. The summed E-state index contributed by atoms with van der Waals surface area (Å²) in [4.78, 5) is 7.71. The quantitative estimate of drug-likeness (QED) is 0.676. The van der Waals surface area contributed by atoms with Crippen LogP contribution >= 0.6 is 11.6 Å². The van der Waals surface area contributed by atoms with Crippen LogP contribution in [0.15, 0.2) is 24.5 Å². The van der Waals surface area contributed by atoms with Crippen molar-refractivity contribution < 1.29 is 8.78 Å². The molecule has 0 aliphatic heterocycles. The first kappa shape index (κ1) is 11.9. The molecular weight excluding hydrogens is 276 g/mol. The van der Waals surface area contributed by atoms with Gasteiger partial charge in [-0.25, -0.2) is 23.4 Å². The van der Waals surface area contributed by atoms with Crippen LogP contribution in [0.3, 0.4) is 0 Å². The van der Waals surface area contributed by atoms with Gasteiger partial charge in [0, 0.05) is 5.56 Å². The van der Waals surface area contributed by atoms with Gasteiger partial charge in [-0.3, -0.25) is 0 Å². The molecule has 0 bridgehead atoms. The summed E-state index contributed by atoms with van der Waals surface area (Å²) < 4.78 is 28.4. The second-order valence-electron chi connectivity index (χ2n) is 3.78. The van der Waals surface area contributed by atoms with Crippen LogP contribution in [0.5, 0.6) is 0 Å². The van der Waals surface area contributed by atoms with E-state index in [0.29, 0.717) is 11.2 Å². The van der Waals surface area contributed by atoms with Crippen molar-refractivity contribution in [2.24, 2.45) is 0 Å². The molecule has 0 saturated heterocycles. The largest absolute Gasteiger partial charge is 0.222 e. The monoisotopic (exact) mass is 281 g/mol. The lowest BCUT2D eigenvalue weighted by molar-refractivity contribution is 0.531. The molecule has 0 saturated carbocycles. The van der Waals surface area contributed by atoms with Crippen LogP contribution in [0.1, 0.15) is 5.56 Å². The zero-order valence-corrected chi connectivity index (χ0v) is 10.1. The van der Waals surface area contributed by atoms with Gasteiger partial charge in [0.15, 0.2) is 16.3 Å². The van der Waals surface area contributed by atoms with Crippen LogP contribution in [-0.2, 0) is 6.54 Å². The molecule has 1 aromatic carbocycles. The Hall–Kier alpha value is -2.15. The number of hydrogen-bond acceptors (Lipinski definition) is 4. The van der Waals surface area contributed by atoms with Crippen molar-refractivity contribution in [2.75, 3.05) is 0 Å². The minimum Gasteiger partial charge on any atom is -0.222 e. The molecule has 19 heavy (non-hydrogen) atoms. The molecule has 2 aromatic heterocycles. The third-order valence-electron chi connectivity index (χ3n) is 2.63. The van der Waals surface area contributed by atoms with E-state index in [-0.39, 0.29) is 17.3 Å². The molecule has 0 aliphatic rings. The summed E-state index contributed by atoms with van der Waals surface area (Å²) in [7, 11) is 0. The summed E-state index contributed by atoms with van der Waals surface area (Å²) in [5.41, 5.74) is 0.507. The van der Waals surface area contributed by atoms with E-state index >= 15 is 0 Å². The lowest BCUT2D eigenvalue weighted by atomic mass is 10.2. The Morgan fingerprint density at radius 2 is 1.89 bits per heavy atom. The fourth-order valence-electron chi connectivity index (χ4n) is 1.70. The highest BCUT2D eigenvalue weighted by atomic mass is 35.5. The van der Waals surface area contributed by atoms with Gasteiger partial charge >= 0.3 is 0 Å². The summed E-state index contributed by atoms with van der Waals surface area (Å²) in [6.45, 7) is -0.123. The highest BCUT2D eigenvalue weighted by Crippen LogP contribution is 2.18. The SMILES string of the molecule is Fc1cccc(F)c1Cn1nnc2c(Cl)ncnc21. The molecule has 0 atom stereocenters. The van der Waals surface area contributed by atoms with Crippen LogP contribution in [-0.4, -0.2) is 25.0 Å². The third kappa shape index (κ3) is 2.01. The molecule has 0 spiro atoms. The third-order valence-corrected chi connectivity index (χ3v) is 2.90. The minimum absolute atomic E-state index is 0.107. The molecular formula is C11H6ClF2N5. The van der Waals surface area contributed by atoms with Gasteiger partial charge in [-0.15, -0.1) is 5.10 Å². The van der Waals surface area contributed by atoms with Gasteiger partial charge in [0.25, 0.3) is 0 Å². The Bertz CT molecular complexity index is 738. The van der Waals surface area contributed by atoms with Crippen molar-refractivity contribution >= 4 is 22.8 Å². The average Bonchev–Trinajstić information content (AvgIpc) is 2.79. The van der Waals surface area contributed by atoms with E-state index in [1.165, 1.54) is 29.2 Å². The van der Waals surface area contributed by atoms with Gasteiger partial charge < -0.3 is 0 Å². The molecule has 8 heteroatoms. The number of rotatable bonds is 2. The van der Waals surface area contributed by atoms with Crippen LogP contribution in [0.4, 0.5) is 8.78 Å². The summed E-state index contributed by atoms with van der Waals surface area (Å²) in [6, 6.07) is 3.66. The van der Waals surface area contributed by atoms with E-state index in [1.807, 2.05) is 0 Å². The fraction of sp³-hybridized carbons (Fsp3) is 0.0909. The van der Waals surface area contributed by atoms with Crippen LogP contribution in [0, 0.1) is 11.6 Å². The van der Waals surface area contributed by atoms with Gasteiger partial charge in [-0.2, -0.15) is 0 Å². The van der Waals surface area contributed by atoms with E-state index in [2.05, 4.69) is 20.3 Å². The standard InChI is InChI=1S/C11H6ClF2N5/c12-10-9-11(16-5-15-10)19(18-17-9)4-6-7(13)2-1-3-8(6)14/h1-3,5H,4H2. The number of aromatic nitrogens is 5. The first-order chi connectivity index (χ1) is 9.16. The maximum Gasteiger partial charge on any atom is 0.183 e. The molecule has 0 amide bonds. The minimum atomic E-state index is -0.649. The van der Waals surface area contributed by atoms with Crippen molar-refractivity contribution in [3.8, 4) is 0 Å². The second kappa shape index (κ2) is 4.51. The Labute approximate surface area is 110 Å². The summed E-state index contributed by atoms with van der Waals surface area (Å²) in [5, 5.41) is 7.71. The molecule has 0 radical (unpaired) electrons. The normalized spacial score (nSPS) is 11.1. The van der Waals surface area contributed by atoms with Gasteiger partial charge in [0.05, 0.1) is 6.54 Å². The van der Waals surface area contributed by atoms with Gasteiger partial charge in [-0.1, -0.05) is 22.9 Å². The highest BCUT2D eigenvalue weighted by Gasteiger charge is 2.14. The van der Waals surface area contributed by atoms with Gasteiger partial charge in [0.1, 0.15) is 18.0 Å². The first-order valence-electron chi connectivity index (χ1n) is 5.29. The summed E-state index contributed by atoms with van der Waals surface area (Å²) in [5.74, 6) is -1.30. The summed E-state index contributed by atoms with van der Waals surface area (Å²) >= 11 is 5.82. The van der Waals surface area contributed by atoms with E-state index in [1.54, 1.807) is 0 Å². The van der Waals surface area contributed by atoms with E-state index in [0.717, 1.165) is 0 Å². The number of fused-ring (bicyclic) bond motifs is 1. The molecule has 3 rings (SSSR count). The Balaban J connectivity index is 2.09. The van der Waals surface area contributed by atoms with E-state index in [4.69, 9.17) is 11.6 Å². The Morgan fingerprint density at radius 1 is 1.16 bits per heavy atom. The molecule has 0 unspecified atom stereocenters. The number of nitrogens with zero attached hydrogens (tertiary/aromatic N) is 5. The Kier molecular flexibility index (Phi) is 2.83. The molecule has 5 nitrogen and oxygen atoms in total. The van der Waals surface area contributed by atoms with E-state index in [9.17, 15) is 8.78 Å². The van der Waals surface area contributed by atoms with Crippen molar-refractivity contribution in [3.63, 3.8) is 0 Å². The van der Waals surface area contributed by atoms with Crippen LogP contribution < -0.4 is 0 Å². The van der Waals surface area contributed by atoms with E-state index < -0.39 is 11.6 Å². The lowest BCUT2D eigenvalue weighted by Gasteiger charge is -2.04. The van der Waals surface area contributed by atoms with Crippen molar-refractivity contribution in [3.05, 3.63) is 46.9 Å². The molecule has 2 heterocycles. The van der Waals surface area contributed by atoms with Crippen molar-refractivity contribution in [1.29, 1.82) is 0 Å². The molecule has 0 fully saturated rings. The van der Waals surface area contributed by atoms with Gasteiger partial charge in [-0.05, 0) is 12.1 Å². The average molecular weight is 282 g/mol. The van der Waals surface area contributed by atoms with Gasteiger partial charge in [0.2, 0.25) is 0 Å². The second-order valence-corrected chi connectivity index (χ2v) is 4.14. The maximum absolute atomic E-state index is 13.6. The maximum atomic E-state index is 13.6. The first-order valence-corrected chi connectivity index (χ1v) is 5.67. The topological polar surface area (TPSA) is 56.5 Å². The molecule has 96 valence electrons. The van der Waals surface area contributed by atoms with Crippen LogP contribution in [0.25, 0.3) is 11.2 Å². The summed E-state index contributed by atoms with van der Waals surface area (Å²) in [6.07, 6.45) is 1.24. The van der Waals surface area contributed by atoms with Crippen molar-refractivity contribution in [1.82, 2.24) is 25.0 Å². The van der Waals surface area contributed by atoms with Crippen LogP contribution in [0.2, 0.25) is 5.15 Å². The number of halogens is 3. The number of benzene rings is 1. The molecule has 3 aromatic rings. The van der Waals surface area contributed by atoms with Crippen molar-refractivity contribution in [2.45, 2.75) is 6.54 Å². The predicted molar refractivity (Wildman–Crippen MR) is 63.6 cm³/mol. The highest BCUT2D eigenvalue weighted by molar-refractivity contribution is 6.33. The smallest absolute Gasteiger partial charge is 0.183 e. The molecule has 0 N–H and O–H groups in total. The predicted octanol–water partition coefficient (Wildman–Crippen LogP) is 2.20. The Morgan fingerprint density at radius 3 is 2.63 bits per heavy atom.